The van der Waals surface area contributed by atoms with Crippen molar-refractivity contribution < 1.29 is 19.1 Å². The van der Waals surface area contributed by atoms with E-state index in [1.54, 1.807) is 10.8 Å². The summed E-state index contributed by atoms with van der Waals surface area (Å²) in [5, 5.41) is 4.47. The van der Waals surface area contributed by atoms with Gasteiger partial charge in [-0.15, -0.1) is 0 Å². The highest BCUT2D eigenvalue weighted by atomic mass is 16.5. The summed E-state index contributed by atoms with van der Waals surface area (Å²) in [6, 6.07) is 9.62. The molecule has 25 heavy (non-hydrogen) atoms. The average molecular weight is 342 g/mol. The number of hydrazine groups is 1. The van der Waals surface area contributed by atoms with Crippen LogP contribution >= 0.6 is 0 Å². The van der Waals surface area contributed by atoms with Gasteiger partial charge in [-0.05, 0) is 32.1 Å². The number of nitrogens with one attached hydrogen (secondary N) is 2. The minimum absolute atomic E-state index is 0.594. The molecule has 2 rings (SSSR count). The van der Waals surface area contributed by atoms with Crippen LogP contribution in [-0.2, 0) is 19.1 Å². The summed E-state index contributed by atoms with van der Waals surface area (Å²) in [4.78, 5) is 33.8. The van der Waals surface area contributed by atoms with Crippen LogP contribution in [0.1, 0.15) is 17.0 Å². The molecule has 130 valence electrons. The highest BCUT2D eigenvalue weighted by Crippen LogP contribution is 2.18. The lowest BCUT2D eigenvalue weighted by molar-refractivity contribution is -0.153. The van der Waals surface area contributed by atoms with Crippen LogP contribution in [0.4, 0.5) is 0 Å². The number of esters is 1. The molecular weight excluding hydrogens is 324 g/mol. The zero-order chi connectivity index (χ0) is 18.4. The molecule has 0 atom stereocenters. The number of aryl methyl sites for hydroxylation is 1. The molecule has 0 radical (unpaired) electrons. The van der Waals surface area contributed by atoms with Crippen molar-refractivity contribution in [3.05, 3.63) is 53.4 Å². The standard InChI is InChI=1S/C17H18N4O4/c1-11-14(9-10-15(22)18-19-16(23)17(24)25-3)12(2)21(20-11)13-7-5-4-6-8-13/h4-10H,1-3H3,(H,18,22)(H,19,23)/b10-9+. The minimum atomic E-state index is -1.10. The summed E-state index contributed by atoms with van der Waals surface area (Å²) >= 11 is 0. The number of methoxy groups -OCH3 is 1. The third kappa shape index (κ3) is 4.31. The van der Waals surface area contributed by atoms with Gasteiger partial charge in [-0.25, -0.2) is 9.48 Å². The molecule has 8 heteroatoms. The van der Waals surface area contributed by atoms with Crippen molar-refractivity contribution in [3.63, 3.8) is 0 Å². The first kappa shape index (κ1) is 17.9. The van der Waals surface area contributed by atoms with Gasteiger partial charge < -0.3 is 4.74 Å². The monoisotopic (exact) mass is 342 g/mol. The lowest BCUT2D eigenvalue weighted by Gasteiger charge is -2.04. The van der Waals surface area contributed by atoms with Gasteiger partial charge in [0.15, 0.2) is 0 Å². The second kappa shape index (κ2) is 7.91. The number of nitrogens with zero attached hydrogens (tertiary/aromatic N) is 2. The number of aromatic nitrogens is 2. The highest BCUT2D eigenvalue weighted by molar-refractivity contribution is 6.32. The molecule has 0 saturated carbocycles. The second-order valence-electron chi connectivity index (χ2n) is 5.10. The maximum absolute atomic E-state index is 11.7. The van der Waals surface area contributed by atoms with Crippen molar-refractivity contribution in [2.45, 2.75) is 13.8 Å². The lowest BCUT2D eigenvalue weighted by atomic mass is 10.2. The number of carbonyl (C=O) groups excluding carboxylic acids is 3. The van der Waals surface area contributed by atoms with Gasteiger partial charge in [-0.3, -0.25) is 20.4 Å². The maximum atomic E-state index is 11.7. The first-order chi connectivity index (χ1) is 11.9. The number of rotatable bonds is 3. The van der Waals surface area contributed by atoms with Gasteiger partial charge in [0.25, 0.3) is 5.91 Å². The van der Waals surface area contributed by atoms with Crippen LogP contribution in [0.5, 0.6) is 0 Å². The molecule has 0 spiro atoms. The van der Waals surface area contributed by atoms with Crippen molar-refractivity contribution >= 4 is 23.9 Å². The Labute approximate surface area is 144 Å². The average Bonchev–Trinajstić information content (AvgIpc) is 2.91. The highest BCUT2D eigenvalue weighted by Gasteiger charge is 2.14. The maximum Gasteiger partial charge on any atom is 0.398 e. The Morgan fingerprint density at radius 3 is 2.44 bits per heavy atom. The number of amides is 2. The van der Waals surface area contributed by atoms with E-state index in [4.69, 9.17) is 0 Å². The molecule has 1 aromatic carbocycles. The Balaban J connectivity index is 2.09. The predicted molar refractivity (Wildman–Crippen MR) is 90.4 cm³/mol. The molecule has 8 nitrogen and oxygen atoms in total. The summed E-state index contributed by atoms with van der Waals surface area (Å²) in [7, 11) is 1.07. The van der Waals surface area contributed by atoms with Crippen LogP contribution in [0.3, 0.4) is 0 Å². The fraction of sp³-hybridized carbons (Fsp3) is 0.176. The van der Waals surface area contributed by atoms with Crippen LogP contribution in [0.15, 0.2) is 36.4 Å². The first-order valence-electron chi connectivity index (χ1n) is 7.42. The summed E-state index contributed by atoms with van der Waals surface area (Å²) in [5.74, 6) is -2.75. The minimum Gasteiger partial charge on any atom is -0.462 e. The van der Waals surface area contributed by atoms with Crippen LogP contribution in [-0.4, -0.2) is 34.7 Å². The van der Waals surface area contributed by atoms with Crippen molar-refractivity contribution in [1.82, 2.24) is 20.6 Å². The van der Waals surface area contributed by atoms with E-state index in [9.17, 15) is 14.4 Å². The number of benzene rings is 1. The zero-order valence-corrected chi connectivity index (χ0v) is 14.1. The van der Waals surface area contributed by atoms with Gasteiger partial charge in [0.2, 0.25) is 0 Å². The molecule has 0 saturated heterocycles. The molecule has 0 aliphatic rings. The van der Waals surface area contributed by atoms with E-state index in [2.05, 4.69) is 15.3 Å². The van der Waals surface area contributed by atoms with Crippen LogP contribution in [0, 0.1) is 13.8 Å². The van der Waals surface area contributed by atoms with Gasteiger partial charge in [0.1, 0.15) is 0 Å². The number of carbonyl (C=O) groups is 3. The third-order valence-corrected chi connectivity index (χ3v) is 3.42. The van der Waals surface area contributed by atoms with Gasteiger partial charge in [-0.1, -0.05) is 18.2 Å². The summed E-state index contributed by atoms with van der Waals surface area (Å²) in [6.45, 7) is 3.73. The molecule has 1 heterocycles. The largest absolute Gasteiger partial charge is 0.462 e. The number of ether oxygens (including phenoxy) is 1. The number of hydrogen-bond acceptors (Lipinski definition) is 5. The molecule has 0 fully saturated rings. The van der Waals surface area contributed by atoms with Crippen LogP contribution in [0.2, 0.25) is 0 Å². The summed E-state index contributed by atoms with van der Waals surface area (Å²) in [6.07, 6.45) is 2.83. The number of hydrogen-bond donors (Lipinski definition) is 2. The van der Waals surface area contributed by atoms with Crippen LogP contribution in [0.25, 0.3) is 11.8 Å². The molecule has 0 unspecified atom stereocenters. The number of para-hydroxylation sites is 1. The van der Waals surface area contributed by atoms with Gasteiger partial charge in [0.05, 0.1) is 18.5 Å². The topological polar surface area (TPSA) is 102 Å². The van der Waals surface area contributed by atoms with E-state index in [1.165, 1.54) is 6.08 Å². The van der Waals surface area contributed by atoms with Gasteiger partial charge >= 0.3 is 11.9 Å². The molecular formula is C17H18N4O4. The summed E-state index contributed by atoms with van der Waals surface area (Å²) < 4.78 is 6.00. The SMILES string of the molecule is COC(=O)C(=O)NNC(=O)/C=C/c1c(C)nn(-c2ccccc2)c1C. The van der Waals surface area contributed by atoms with E-state index in [0.29, 0.717) is 0 Å². The molecule has 0 bridgehead atoms. The summed E-state index contributed by atoms with van der Waals surface area (Å²) in [5.41, 5.74) is 7.36. The predicted octanol–water partition coefficient (Wildman–Crippen LogP) is 0.823. The van der Waals surface area contributed by atoms with Gasteiger partial charge in [0, 0.05) is 17.3 Å². The quantitative estimate of drug-likeness (QED) is 0.372. The van der Waals surface area contributed by atoms with Crippen molar-refractivity contribution in [1.29, 1.82) is 0 Å². The van der Waals surface area contributed by atoms with E-state index >= 15 is 0 Å². The van der Waals surface area contributed by atoms with E-state index < -0.39 is 17.8 Å². The normalized spacial score (nSPS) is 10.5. The Kier molecular flexibility index (Phi) is 5.67. The molecule has 2 aromatic rings. The smallest absolute Gasteiger partial charge is 0.398 e. The van der Waals surface area contributed by atoms with Crippen molar-refractivity contribution in [3.8, 4) is 5.69 Å². The molecule has 2 N–H and O–H groups in total. The second-order valence-corrected chi connectivity index (χ2v) is 5.10. The lowest BCUT2D eigenvalue weighted by Crippen LogP contribution is -2.44. The first-order valence-corrected chi connectivity index (χ1v) is 7.42. The Morgan fingerprint density at radius 2 is 1.80 bits per heavy atom. The van der Waals surface area contributed by atoms with Crippen molar-refractivity contribution in [2.24, 2.45) is 0 Å². The van der Waals surface area contributed by atoms with Crippen molar-refractivity contribution in [2.75, 3.05) is 7.11 Å². The molecule has 2 amide bonds. The molecule has 0 aliphatic heterocycles. The van der Waals surface area contributed by atoms with E-state index in [0.717, 1.165) is 29.7 Å². The fourth-order valence-electron chi connectivity index (χ4n) is 2.18. The fourth-order valence-corrected chi connectivity index (χ4v) is 2.18. The van der Waals surface area contributed by atoms with E-state index in [-0.39, 0.29) is 0 Å². The van der Waals surface area contributed by atoms with Crippen LogP contribution < -0.4 is 10.9 Å². The van der Waals surface area contributed by atoms with Gasteiger partial charge in [-0.2, -0.15) is 5.10 Å². The zero-order valence-electron chi connectivity index (χ0n) is 14.1. The third-order valence-electron chi connectivity index (χ3n) is 3.42. The Bertz CT molecular complexity index is 825. The Morgan fingerprint density at radius 1 is 1.12 bits per heavy atom. The molecule has 1 aromatic heterocycles. The van der Waals surface area contributed by atoms with E-state index in [1.807, 2.05) is 49.6 Å². The molecule has 0 aliphatic carbocycles. The Hall–Kier alpha value is -3.42.